The maximum atomic E-state index is 6.36. The van der Waals surface area contributed by atoms with Gasteiger partial charge in [-0.2, -0.15) is 0 Å². The van der Waals surface area contributed by atoms with E-state index in [0.717, 1.165) is 65.0 Å². The Bertz CT molecular complexity index is 455. The van der Waals surface area contributed by atoms with E-state index in [1.165, 1.54) is 5.57 Å². The van der Waals surface area contributed by atoms with Crippen LogP contribution in [0.5, 0.6) is 0 Å². The minimum Gasteiger partial charge on any atom is -0.385 e. The second-order valence-electron chi connectivity index (χ2n) is 8.37. The van der Waals surface area contributed by atoms with Crippen LogP contribution < -0.4 is 0 Å². The van der Waals surface area contributed by atoms with Gasteiger partial charge >= 0.3 is 0 Å². The number of ether oxygens (including phenoxy) is 3. The van der Waals surface area contributed by atoms with E-state index in [9.17, 15) is 0 Å². The van der Waals surface area contributed by atoms with Crippen molar-refractivity contribution < 1.29 is 14.2 Å². The lowest BCUT2D eigenvalue weighted by Crippen LogP contribution is -2.35. The molecule has 4 nitrogen and oxygen atoms in total. The molecular formula is C21H37NO3. The van der Waals surface area contributed by atoms with Gasteiger partial charge < -0.3 is 14.2 Å². The third-order valence-corrected chi connectivity index (χ3v) is 5.29. The second-order valence-corrected chi connectivity index (χ2v) is 8.37. The van der Waals surface area contributed by atoms with Crippen molar-refractivity contribution in [1.29, 1.82) is 0 Å². The molecule has 1 heterocycles. The number of hydrogen-bond acceptors (Lipinski definition) is 4. The van der Waals surface area contributed by atoms with E-state index in [-0.39, 0.29) is 17.3 Å². The third kappa shape index (κ3) is 6.21. The number of nitrogens with zero attached hydrogens (tertiary/aromatic N) is 1. The fourth-order valence-electron chi connectivity index (χ4n) is 3.72. The van der Waals surface area contributed by atoms with Crippen molar-refractivity contribution in [2.75, 3.05) is 40.0 Å². The second kappa shape index (κ2) is 9.31. The van der Waals surface area contributed by atoms with E-state index >= 15 is 0 Å². The van der Waals surface area contributed by atoms with E-state index < -0.39 is 0 Å². The van der Waals surface area contributed by atoms with Gasteiger partial charge in [-0.3, -0.25) is 4.90 Å². The van der Waals surface area contributed by atoms with Crippen molar-refractivity contribution in [3.8, 4) is 0 Å². The maximum absolute atomic E-state index is 6.36. The normalized spacial score (nSPS) is 27.1. The maximum Gasteiger partial charge on any atom is 0.172 e. The molecular weight excluding hydrogens is 314 g/mol. The van der Waals surface area contributed by atoms with Crippen molar-refractivity contribution in [2.45, 2.75) is 64.8 Å². The van der Waals surface area contributed by atoms with Gasteiger partial charge in [-0.1, -0.05) is 38.5 Å². The van der Waals surface area contributed by atoms with Crippen molar-refractivity contribution in [3.63, 3.8) is 0 Å². The summed E-state index contributed by atoms with van der Waals surface area (Å²) in [4.78, 5) is 2.42. The molecule has 0 N–H and O–H groups in total. The number of hydrogen-bond donors (Lipinski definition) is 0. The standard InChI is InChI=1S/C21H37NO3/c1-6-13-22(14-7-16-23-5)15-10-19-17-24-21(25-19)11-8-18(9-12-21)20(2,3)4/h6,8,19H,1,7,9-17H2,2-5H3. The predicted molar refractivity (Wildman–Crippen MR) is 103 cm³/mol. The van der Waals surface area contributed by atoms with Crippen LogP contribution in [0.15, 0.2) is 24.3 Å². The van der Waals surface area contributed by atoms with Crippen LogP contribution in [0.4, 0.5) is 0 Å². The topological polar surface area (TPSA) is 30.9 Å². The van der Waals surface area contributed by atoms with Crippen molar-refractivity contribution >= 4 is 0 Å². The molecule has 1 spiro atoms. The summed E-state index contributed by atoms with van der Waals surface area (Å²) in [5.41, 5.74) is 1.79. The van der Waals surface area contributed by atoms with E-state index in [0.29, 0.717) is 0 Å². The van der Waals surface area contributed by atoms with Crippen LogP contribution in [0.2, 0.25) is 0 Å². The Morgan fingerprint density at radius 1 is 1.40 bits per heavy atom. The summed E-state index contributed by atoms with van der Waals surface area (Å²) in [6, 6.07) is 0. The first-order valence-corrected chi connectivity index (χ1v) is 9.72. The van der Waals surface area contributed by atoms with Gasteiger partial charge in [0.1, 0.15) is 0 Å². The highest BCUT2D eigenvalue weighted by molar-refractivity contribution is 5.16. The molecule has 0 radical (unpaired) electrons. The third-order valence-electron chi connectivity index (χ3n) is 5.29. The Morgan fingerprint density at radius 3 is 2.80 bits per heavy atom. The lowest BCUT2D eigenvalue weighted by molar-refractivity contribution is -0.173. The van der Waals surface area contributed by atoms with Crippen LogP contribution in [0, 0.1) is 5.41 Å². The quantitative estimate of drug-likeness (QED) is 0.461. The van der Waals surface area contributed by atoms with Gasteiger partial charge in [-0.05, 0) is 24.7 Å². The average molecular weight is 352 g/mol. The summed E-state index contributed by atoms with van der Waals surface area (Å²) in [7, 11) is 1.75. The first-order valence-electron chi connectivity index (χ1n) is 9.72. The van der Waals surface area contributed by atoms with Crippen LogP contribution in [0.3, 0.4) is 0 Å². The van der Waals surface area contributed by atoms with Crippen LogP contribution >= 0.6 is 0 Å². The van der Waals surface area contributed by atoms with Gasteiger partial charge in [-0.15, -0.1) is 6.58 Å². The molecule has 2 atom stereocenters. The number of methoxy groups -OCH3 is 1. The number of allylic oxidation sites excluding steroid dienone is 1. The Balaban J connectivity index is 1.78. The molecule has 0 aromatic heterocycles. The molecule has 25 heavy (non-hydrogen) atoms. The fraction of sp³-hybridized carbons (Fsp3) is 0.810. The molecule has 1 saturated heterocycles. The summed E-state index contributed by atoms with van der Waals surface area (Å²) in [6.45, 7) is 15.2. The van der Waals surface area contributed by atoms with Gasteiger partial charge in [0.15, 0.2) is 5.79 Å². The first kappa shape index (κ1) is 20.6. The summed E-state index contributed by atoms with van der Waals surface area (Å²) in [5.74, 6) is -0.362. The molecule has 0 saturated carbocycles. The first-order chi connectivity index (χ1) is 11.9. The zero-order valence-corrected chi connectivity index (χ0v) is 16.7. The molecule has 2 rings (SSSR count). The molecule has 1 aliphatic carbocycles. The molecule has 144 valence electrons. The van der Waals surface area contributed by atoms with Crippen LogP contribution in [-0.2, 0) is 14.2 Å². The Hall–Kier alpha value is -0.680. The van der Waals surface area contributed by atoms with Gasteiger partial charge in [0.25, 0.3) is 0 Å². The van der Waals surface area contributed by atoms with Crippen molar-refractivity contribution in [2.24, 2.45) is 5.41 Å². The highest BCUT2D eigenvalue weighted by Crippen LogP contribution is 2.42. The van der Waals surface area contributed by atoms with E-state index in [4.69, 9.17) is 14.2 Å². The van der Waals surface area contributed by atoms with Gasteiger partial charge in [-0.25, -0.2) is 0 Å². The smallest absolute Gasteiger partial charge is 0.172 e. The average Bonchev–Trinajstić information content (AvgIpc) is 2.95. The van der Waals surface area contributed by atoms with Gasteiger partial charge in [0.2, 0.25) is 0 Å². The Morgan fingerprint density at radius 2 is 2.20 bits per heavy atom. The summed E-state index contributed by atoms with van der Waals surface area (Å²) < 4.78 is 17.6. The van der Waals surface area contributed by atoms with Crippen LogP contribution in [-0.4, -0.2) is 56.7 Å². The molecule has 2 unspecified atom stereocenters. The predicted octanol–water partition coefficient (Wildman–Crippen LogP) is 4.17. The summed E-state index contributed by atoms with van der Waals surface area (Å²) in [6.07, 6.45) is 9.54. The SMILES string of the molecule is C=CCN(CCCOC)CCC1COC2(CC=C(C(C)(C)C)CC2)O1. The van der Waals surface area contributed by atoms with E-state index in [1.807, 2.05) is 6.08 Å². The molecule has 0 amide bonds. The molecule has 0 bridgehead atoms. The Labute approximate surface area is 154 Å². The van der Waals surface area contributed by atoms with Gasteiger partial charge in [0, 0.05) is 46.2 Å². The highest BCUT2D eigenvalue weighted by Gasteiger charge is 2.43. The van der Waals surface area contributed by atoms with Crippen molar-refractivity contribution in [3.05, 3.63) is 24.3 Å². The summed E-state index contributed by atoms with van der Waals surface area (Å²) in [5, 5.41) is 0. The fourth-order valence-corrected chi connectivity index (χ4v) is 3.72. The van der Waals surface area contributed by atoms with E-state index in [1.54, 1.807) is 7.11 Å². The van der Waals surface area contributed by atoms with Crippen molar-refractivity contribution in [1.82, 2.24) is 4.90 Å². The largest absolute Gasteiger partial charge is 0.385 e. The van der Waals surface area contributed by atoms with E-state index in [2.05, 4.69) is 38.3 Å². The lowest BCUT2D eigenvalue weighted by Gasteiger charge is -2.35. The molecule has 2 aliphatic rings. The van der Waals surface area contributed by atoms with Crippen LogP contribution in [0.1, 0.15) is 52.9 Å². The zero-order valence-electron chi connectivity index (χ0n) is 16.7. The minimum atomic E-state index is -0.362. The summed E-state index contributed by atoms with van der Waals surface area (Å²) >= 11 is 0. The Kier molecular flexibility index (Phi) is 7.68. The highest BCUT2D eigenvalue weighted by atomic mass is 16.7. The monoisotopic (exact) mass is 351 g/mol. The zero-order chi connectivity index (χ0) is 18.3. The van der Waals surface area contributed by atoms with Gasteiger partial charge in [0.05, 0.1) is 12.7 Å². The molecule has 4 heteroatoms. The van der Waals surface area contributed by atoms with Crippen LogP contribution in [0.25, 0.3) is 0 Å². The number of rotatable bonds is 9. The minimum absolute atomic E-state index is 0.208. The molecule has 0 aromatic rings. The molecule has 0 aromatic carbocycles. The molecule has 1 fully saturated rings. The lowest BCUT2D eigenvalue weighted by atomic mass is 9.79. The molecule has 1 aliphatic heterocycles.